The summed E-state index contributed by atoms with van der Waals surface area (Å²) in [5, 5.41) is 10.8. The van der Waals surface area contributed by atoms with E-state index in [4.69, 9.17) is 5.73 Å². The zero-order chi connectivity index (χ0) is 15.1. The molecule has 1 atom stereocenters. The van der Waals surface area contributed by atoms with Crippen LogP contribution in [0.4, 0.5) is 0 Å². The number of hydrogen-bond acceptors (Lipinski definition) is 4. The van der Waals surface area contributed by atoms with E-state index in [-0.39, 0.29) is 18.5 Å². The van der Waals surface area contributed by atoms with Gasteiger partial charge in [0.15, 0.2) is 0 Å². The minimum absolute atomic E-state index is 0.0978. The van der Waals surface area contributed by atoms with Crippen molar-refractivity contribution in [1.82, 2.24) is 20.3 Å². The molecule has 0 spiro atoms. The number of carbonyl (C=O) groups is 1. The van der Waals surface area contributed by atoms with E-state index >= 15 is 0 Å². The molecule has 0 fully saturated rings. The molecule has 6 heteroatoms. The fraction of sp³-hybridized carbons (Fsp3) is 0.400. The van der Waals surface area contributed by atoms with Crippen LogP contribution in [0.15, 0.2) is 36.5 Å². The molecule has 0 radical (unpaired) electrons. The van der Waals surface area contributed by atoms with Gasteiger partial charge < -0.3 is 11.1 Å². The minimum Gasteiger partial charge on any atom is -0.350 e. The highest BCUT2D eigenvalue weighted by molar-refractivity contribution is 5.75. The van der Waals surface area contributed by atoms with Gasteiger partial charge in [0.1, 0.15) is 6.54 Å². The zero-order valence-corrected chi connectivity index (χ0v) is 12.2. The van der Waals surface area contributed by atoms with Crippen LogP contribution in [0.25, 0.3) is 0 Å². The monoisotopic (exact) mass is 287 g/mol. The molecule has 6 nitrogen and oxygen atoms in total. The smallest absolute Gasteiger partial charge is 0.242 e. The van der Waals surface area contributed by atoms with Gasteiger partial charge in [0.2, 0.25) is 5.91 Å². The molecule has 0 bridgehead atoms. The molecule has 3 N–H and O–H groups in total. The number of carbonyl (C=O) groups excluding carboxylic acids is 1. The third kappa shape index (κ3) is 4.68. The summed E-state index contributed by atoms with van der Waals surface area (Å²) in [6.07, 6.45) is 3.59. The van der Waals surface area contributed by atoms with E-state index in [1.807, 2.05) is 30.3 Å². The van der Waals surface area contributed by atoms with Crippen LogP contribution in [0.3, 0.4) is 0 Å². The summed E-state index contributed by atoms with van der Waals surface area (Å²) in [7, 11) is 0. The van der Waals surface area contributed by atoms with Crippen LogP contribution in [0.5, 0.6) is 0 Å². The van der Waals surface area contributed by atoms with Crippen molar-refractivity contribution in [2.45, 2.75) is 38.9 Å². The van der Waals surface area contributed by atoms with Gasteiger partial charge in [-0.05, 0) is 12.0 Å². The normalized spacial score (nSPS) is 12.1. The molecule has 0 aliphatic carbocycles. The van der Waals surface area contributed by atoms with Gasteiger partial charge in [0, 0.05) is 6.54 Å². The molecule has 112 valence electrons. The summed E-state index contributed by atoms with van der Waals surface area (Å²) in [5.74, 6) is -0.0978. The lowest BCUT2D eigenvalue weighted by molar-refractivity contribution is -0.122. The second-order valence-corrected chi connectivity index (χ2v) is 5.00. The number of nitrogens with zero attached hydrogens (tertiary/aromatic N) is 3. The summed E-state index contributed by atoms with van der Waals surface area (Å²) in [4.78, 5) is 11.9. The Balaban J connectivity index is 1.83. The Hall–Kier alpha value is -2.21. The molecule has 1 aromatic carbocycles. The summed E-state index contributed by atoms with van der Waals surface area (Å²) < 4.78 is 1.52. The van der Waals surface area contributed by atoms with Gasteiger partial charge in [0.05, 0.1) is 17.9 Å². The fourth-order valence-electron chi connectivity index (χ4n) is 2.02. The van der Waals surface area contributed by atoms with Crippen LogP contribution in [0.1, 0.15) is 37.1 Å². The number of nitrogens with one attached hydrogen (secondary N) is 1. The van der Waals surface area contributed by atoms with Crippen molar-refractivity contribution in [3.63, 3.8) is 0 Å². The maximum atomic E-state index is 11.9. The van der Waals surface area contributed by atoms with E-state index in [1.165, 1.54) is 4.68 Å². The van der Waals surface area contributed by atoms with Crippen LogP contribution < -0.4 is 11.1 Å². The van der Waals surface area contributed by atoms with Gasteiger partial charge in [0.25, 0.3) is 0 Å². The highest BCUT2D eigenvalue weighted by Crippen LogP contribution is 2.11. The van der Waals surface area contributed by atoms with E-state index in [0.29, 0.717) is 6.54 Å². The lowest BCUT2D eigenvalue weighted by atomic mass is 10.1. The number of benzene rings is 1. The number of nitrogens with two attached hydrogens (primary N) is 1. The van der Waals surface area contributed by atoms with E-state index in [1.54, 1.807) is 6.20 Å². The first-order valence-corrected chi connectivity index (χ1v) is 7.15. The Labute approximate surface area is 124 Å². The SMILES string of the molecule is CCCC(N)c1cn(CC(=O)NCc2ccccc2)nn1. The minimum atomic E-state index is -0.115. The molecule has 0 saturated heterocycles. The maximum absolute atomic E-state index is 11.9. The highest BCUT2D eigenvalue weighted by Gasteiger charge is 2.11. The van der Waals surface area contributed by atoms with E-state index in [9.17, 15) is 4.79 Å². The topological polar surface area (TPSA) is 85.8 Å². The van der Waals surface area contributed by atoms with Gasteiger partial charge in [-0.3, -0.25) is 4.79 Å². The average Bonchev–Trinajstić information content (AvgIpc) is 2.95. The molecule has 1 unspecified atom stereocenters. The lowest BCUT2D eigenvalue weighted by Crippen LogP contribution is -2.27. The van der Waals surface area contributed by atoms with Crippen molar-refractivity contribution in [2.24, 2.45) is 5.73 Å². The van der Waals surface area contributed by atoms with Crippen molar-refractivity contribution in [2.75, 3.05) is 0 Å². The summed E-state index contributed by atoms with van der Waals surface area (Å²) in [6.45, 7) is 2.73. The van der Waals surface area contributed by atoms with Gasteiger partial charge in [-0.15, -0.1) is 5.10 Å². The van der Waals surface area contributed by atoms with Crippen molar-refractivity contribution in [1.29, 1.82) is 0 Å². The Morgan fingerprint density at radius 2 is 2.14 bits per heavy atom. The molecule has 2 rings (SSSR count). The Bertz CT molecular complexity index is 566. The Morgan fingerprint density at radius 3 is 2.86 bits per heavy atom. The van der Waals surface area contributed by atoms with Gasteiger partial charge in [-0.1, -0.05) is 48.9 Å². The third-order valence-corrected chi connectivity index (χ3v) is 3.17. The Kier molecular flexibility index (Phi) is 5.45. The quantitative estimate of drug-likeness (QED) is 0.806. The molecule has 0 aliphatic heterocycles. The lowest BCUT2D eigenvalue weighted by Gasteiger charge is -2.05. The second-order valence-electron chi connectivity index (χ2n) is 5.00. The summed E-state index contributed by atoms with van der Waals surface area (Å²) in [6, 6.07) is 9.66. The maximum Gasteiger partial charge on any atom is 0.242 e. The molecule has 1 heterocycles. The Morgan fingerprint density at radius 1 is 1.38 bits per heavy atom. The predicted octanol–water partition coefficient (Wildman–Crippen LogP) is 1.39. The number of amides is 1. The van der Waals surface area contributed by atoms with Crippen LogP contribution in [-0.2, 0) is 17.9 Å². The fourth-order valence-corrected chi connectivity index (χ4v) is 2.02. The molecule has 1 aromatic heterocycles. The average molecular weight is 287 g/mol. The summed E-state index contributed by atoms with van der Waals surface area (Å²) >= 11 is 0. The molecule has 1 amide bonds. The first kappa shape index (κ1) is 15.2. The van der Waals surface area contributed by atoms with Crippen molar-refractivity contribution in [3.05, 3.63) is 47.8 Å². The highest BCUT2D eigenvalue weighted by atomic mass is 16.2. The van der Waals surface area contributed by atoms with Gasteiger partial charge >= 0.3 is 0 Å². The molecule has 0 aliphatic rings. The van der Waals surface area contributed by atoms with Crippen LogP contribution in [0, 0.1) is 0 Å². The molecular formula is C15H21N5O. The largest absolute Gasteiger partial charge is 0.350 e. The molecule has 21 heavy (non-hydrogen) atoms. The second kappa shape index (κ2) is 7.54. The van der Waals surface area contributed by atoms with E-state index < -0.39 is 0 Å². The predicted molar refractivity (Wildman–Crippen MR) is 80.1 cm³/mol. The first-order valence-electron chi connectivity index (χ1n) is 7.15. The van der Waals surface area contributed by atoms with E-state index in [2.05, 4.69) is 22.6 Å². The number of hydrogen-bond donors (Lipinski definition) is 2. The number of rotatable bonds is 7. The van der Waals surface area contributed by atoms with Crippen LogP contribution >= 0.6 is 0 Å². The molecule has 2 aromatic rings. The van der Waals surface area contributed by atoms with Gasteiger partial charge in [-0.2, -0.15) is 0 Å². The number of aromatic nitrogens is 3. The van der Waals surface area contributed by atoms with Crippen molar-refractivity contribution in [3.8, 4) is 0 Å². The van der Waals surface area contributed by atoms with Gasteiger partial charge in [-0.25, -0.2) is 4.68 Å². The zero-order valence-electron chi connectivity index (χ0n) is 12.2. The summed E-state index contributed by atoms with van der Waals surface area (Å²) in [5.41, 5.74) is 7.76. The third-order valence-electron chi connectivity index (χ3n) is 3.17. The molecule has 0 saturated carbocycles. The van der Waals surface area contributed by atoms with Crippen molar-refractivity contribution < 1.29 is 4.79 Å². The van der Waals surface area contributed by atoms with Crippen LogP contribution in [-0.4, -0.2) is 20.9 Å². The standard InChI is InChI=1S/C15H21N5O/c1-2-6-13(16)14-10-20(19-18-14)11-15(21)17-9-12-7-4-3-5-8-12/h3-5,7-8,10,13H,2,6,9,11,16H2,1H3,(H,17,21). The van der Waals surface area contributed by atoms with E-state index in [0.717, 1.165) is 24.1 Å². The first-order chi connectivity index (χ1) is 10.2. The van der Waals surface area contributed by atoms with Crippen LogP contribution in [0.2, 0.25) is 0 Å². The van der Waals surface area contributed by atoms with Crippen molar-refractivity contribution >= 4 is 5.91 Å². The molecular weight excluding hydrogens is 266 g/mol.